The molecule has 25 heavy (non-hydrogen) atoms. The van der Waals surface area contributed by atoms with E-state index in [2.05, 4.69) is 33.0 Å². The van der Waals surface area contributed by atoms with Crippen molar-refractivity contribution in [3.63, 3.8) is 0 Å². The van der Waals surface area contributed by atoms with E-state index in [-0.39, 0.29) is 5.91 Å². The van der Waals surface area contributed by atoms with E-state index in [0.717, 1.165) is 47.1 Å². The van der Waals surface area contributed by atoms with Gasteiger partial charge < -0.3 is 9.80 Å². The van der Waals surface area contributed by atoms with Gasteiger partial charge in [-0.05, 0) is 29.8 Å². The topological polar surface area (TPSA) is 23.6 Å². The number of carbonyl (C=O) groups excluding carboxylic acids is 1. The molecule has 0 aromatic heterocycles. The Bertz CT molecular complexity index is 735. The van der Waals surface area contributed by atoms with E-state index in [4.69, 9.17) is 11.6 Å². The average Bonchev–Trinajstić information content (AvgIpc) is 2.63. The second-order valence-electron chi connectivity index (χ2n) is 5.93. The minimum Gasteiger partial charge on any atom is -0.368 e. The Balaban J connectivity index is 1.45. The number of benzene rings is 2. The molecule has 0 atom stereocenters. The highest BCUT2D eigenvalue weighted by Crippen LogP contribution is 2.23. The van der Waals surface area contributed by atoms with Gasteiger partial charge in [0.05, 0.1) is 5.75 Å². The molecule has 1 saturated heterocycles. The van der Waals surface area contributed by atoms with Gasteiger partial charge in [-0.2, -0.15) is 0 Å². The van der Waals surface area contributed by atoms with Crippen molar-refractivity contribution in [1.82, 2.24) is 4.90 Å². The fourth-order valence-electron chi connectivity index (χ4n) is 2.84. The van der Waals surface area contributed by atoms with E-state index in [9.17, 15) is 4.79 Å². The Morgan fingerprint density at radius 2 is 1.84 bits per heavy atom. The monoisotopic (exact) mass is 438 g/mol. The van der Waals surface area contributed by atoms with Crippen molar-refractivity contribution in [2.75, 3.05) is 36.8 Å². The Kier molecular flexibility index (Phi) is 6.68. The first-order chi connectivity index (χ1) is 12.1. The molecule has 2 aromatic rings. The molecule has 0 bridgehead atoms. The Morgan fingerprint density at radius 3 is 2.56 bits per heavy atom. The smallest absolute Gasteiger partial charge is 0.232 e. The van der Waals surface area contributed by atoms with E-state index >= 15 is 0 Å². The largest absolute Gasteiger partial charge is 0.368 e. The molecule has 0 radical (unpaired) electrons. The highest BCUT2D eigenvalue weighted by Gasteiger charge is 2.21. The minimum atomic E-state index is 0.225. The lowest BCUT2D eigenvalue weighted by Crippen LogP contribution is -2.49. The quantitative estimate of drug-likeness (QED) is 0.675. The lowest BCUT2D eigenvalue weighted by molar-refractivity contribution is -0.128. The number of hydrogen-bond donors (Lipinski definition) is 0. The van der Waals surface area contributed by atoms with Crippen LogP contribution in [-0.4, -0.2) is 42.7 Å². The van der Waals surface area contributed by atoms with E-state index in [1.54, 1.807) is 11.8 Å². The summed E-state index contributed by atoms with van der Waals surface area (Å²) in [5, 5.41) is 0.750. The zero-order valence-electron chi connectivity index (χ0n) is 13.8. The van der Waals surface area contributed by atoms with Crippen LogP contribution in [0.3, 0.4) is 0 Å². The molecule has 3 rings (SSSR count). The van der Waals surface area contributed by atoms with Crippen molar-refractivity contribution in [3.05, 3.63) is 63.6 Å². The third-order valence-electron chi connectivity index (χ3n) is 4.25. The van der Waals surface area contributed by atoms with Crippen LogP contribution in [-0.2, 0) is 10.5 Å². The molecule has 3 nitrogen and oxygen atoms in total. The van der Waals surface area contributed by atoms with Crippen molar-refractivity contribution in [3.8, 4) is 0 Å². The van der Waals surface area contributed by atoms with Gasteiger partial charge >= 0.3 is 0 Å². The van der Waals surface area contributed by atoms with Gasteiger partial charge in [0.25, 0.3) is 0 Å². The molecule has 0 aliphatic carbocycles. The van der Waals surface area contributed by atoms with E-state index < -0.39 is 0 Å². The van der Waals surface area contributed by atoms with Crippen LogP contribution in [0.1, 0.15) is 5.56 Å². The van der Waals surface area contributed by atoms with Crippen LogP contribution in [0.25, 0.3) is 0 Å². The van der Waals surface area contributed by atoms with Gasteiger partial charge in [0.2, 0.25) is 5.91 Å². The molecule has 1 heterocycles. The summed E-state index contributed by atoms with van der Waals surface area (Å²) in [7, 11) is 0. The number of hydrogen-bond acceptors (Lipinski definition) is 3. The van der Waals surface area contributed by atoms with Gasteiger partial charge in [0.15, 0.2) is 0 Å². The predicted octanol–water partition coefficient (Wildman–Crippen LogP) is 4.68. The zero-order chi connectivity index (χ0) is 17.6. The van der Waals surface area contributed by atoms with Crippen LogP contribution in [0.5, 0.6) is 0 Å². The van der Waals surface area contributed by atoms with Gasteiger partial charge in [-0.1, -0.05) is 51.8 Å². The SMILES string of the molecule is O=C(CSCc1ccccc1Br)N1CCN(c2cccc(Cl)c2)CC1. The van der Waals surface area contributed by atoms with Gasteiger partial charge in [0, 0.05) is 47.1 Å². The third-order valence-corrected chi connectivity index (χ3v) is 6.22. The lowest BCUT2D eigenvalue weighted by atomic mass is 10.2. The van der Waals surface area contributed by atoms with Gasteiger partial charge in [0.1, 0.15) is 0 Å². The molecule has 0 spiro atoms. The van der Waals surface area contributed by atoms with Crippen molar-refractivity contribution in [1.29, 1.82) is 0 Å². The molecule has 2 aromatic carbocycles. The van der Waals surface area contributed by atoms with Gasteiger partial charge in [-0.3, -0.25) is 4.79 Å². The second-order valence-corrected chi connectivity index (χ2v) is 8.21. The van der Waals surface area contributed by atoms with Crippen LogP contribution in [0.4, 0.5) is 5.69 Å². The normalized spacial score (nSPS) is 14.6. The fraction of sp³-hybridized carbons (Fsp3) is 0.316. The number of halogens is 2. The summed E-state index contributed by atoms with van der Waals surface area (Å²) >= 11 is 11.3. The lowest BCUT2D eigenvalue weighted by Gasteiger charge is -2.36. The summed E-state index contributed by atoms with van der Waals surface area (Å²) < 4.78 is 1.10. The Morgan fingerprint density at radius 1 is 1.08 bits per heavy atom. The maximum atomic E-state index is 12.4. The summed E-state index contributed by atoms with van der Waals surface area (Å²) in [6.45, 7) is 3.23. The highest BCUT2D eigenvalue weighted by molar-refractivity contribution is 9.10. The van der Waals surface area contributed by atoms with Crippen LogP contribution in [0.2, 0.25) is 5.02 Å². The van der Waals surface area contributed by atoms with Crippen molar-refractivity contribution in [2.24, 2.45) is 0 Å². The van der Waals surface area contributed by atoms with Crippen molar-refractivity contribution < 1.29 is 4.79 Å². The number of carbonyl (C=O) groups is 1. The molecule has 1 amide bonds. The first-order valence-electron chi connectivity index (χ1n) is 8.23. The van der Waals surface area contributed by atoms with Gasteiger partial charge in [-0.15, -0.1) is 11.8 Å². The second kappa shape index (κ2) is 8.97. The van der Waals surface area contributed by atoms with E-state index in [1.165, 1.54) is 5.56 Å². The number of anilines is 1. The van der Waals surface area contributed by atoms with Crippen molar-refractivity contribution in [2.45, 2.75) is 5.75 Å². The van der Waals surface area contributed by atoms with Crippen LogP contribution < -0.4 is 4.90 Å². The van der Waals surface area contributed by atoms with Gasteiger partial charge in [-0.25, -0.2) is 0 Å². The summed E-state index contributed by atoms with van der Waals surface area (Å²) in [6.07, 6.45) is 0. The number of amides is 1. The number of thioether (sulfide) groups is 1. The summed E-state index contributed by atoms with van der Waals surface area (Å²) in [5.41, 5.74) is 2.36. The molecule has 0 unspecified atom stereocenters. The molecule has 6 heteroatoms. The zero-order valence-corrected chi connectivity index (χ0v) is 17.0. The molecular weight excluding hydrogens is 420 g/mol. The average molecular weight is 440 g/mol. The Hall–Kier alpha value is -1.17. The molecule has 1 aliphatic heterocycles. The summed E-state index contributed by atoms with van der Waals surface area (Å²) in [4.78, 5) is 16.7. The van der Waals surface area contributed by atoms with Crippen LogP contribution >= 0.6 is 39.3 Å². The highest BCUT2D eigenvalue weighted by atomic mass is 79.9. The van der Waals surface area contributed by atoms with Crippen LogP contribution in [0, 0.1) is 0 Å². The van der Waals surface area contributed by atoms with Crippen molar-refractivity contribution >= 4 is 50.9 Å². The van der Waals surface area contributed by atoms with E-state index in [1.807, 2.05) is 41.3 Å². The maximum Gasteiger partial charge on any atom is 0.232 e. The molecule has 0 saturated carbocycles. The summed E-state index contributed by atoms with van der Waals surface area (Å²) in [6, 6.07) is 16.0. The maximum absolute atomic E-state index is 12.4. The first kappa shape index (κ1) is 18.6. The van der Waals surface area contributed by atoms with E-state index in [0.29, 0.717) is 5.75 Å². The standard InChI is InChI=1S/C19H20BrClN2OS/c20-18-7-2-1-4-15(18)13-25-14-19(24)23-10-8-22(9-11-23)17-6-3-5-16(21)12-17/h1-7,12H,8-11,13-14H2. The first-order valence-corrected chi connectivity index (χ1v) is 10.6. The molecule has 0 N–H and O–H groups in total. The molecule has 132 valence electrons. The Labute approximate surface area is 166 Å². The summed E-state index contributed by atoms with van der Waals surface area (Å²) in [5.74, 6) is 1.59. The fourth-order valence-corrected chi connectivity index (χ4v) is 4.57. The molecular formula is C19H20BrClN2OS. The number of rotatable bonds is 5. The third kappa shape index (κ3) is 5.16. The van der Waals surface area contributed by atoms with Crippen LogP contribution in [0.15, 0.2) is 53.0 Å². The number of nitrogens with zero attached hydrogens (tertiary/aromatic N) is 2. The minimum absolute atomic E-state index is 0.225. The predicted molar refractivity (Wildman–Crippen MR) is 111 cm³/mol. The molecule has 1 aliphatic rings. The molecule has 1 fully saturated rings. The number of piperazine rings is 1.